The summed E-state index contributed by atoms with van der Waals surface area (Å²) in [6.07, 6.45) is 1.95. The van der Waals surface area contributed by atoms with Gasteiger partial charge >= 0.3 is 0 Å². The Hall–Kier alpha value is -0.650. The highest BCUT2D eigenvalue weighted by Gasteiger charge is 2.25. The molecule has 118 valence electrons. The number of hydrogen-bond donors (Lipinski definition) is 1. The lowest BCUT2D eigenvalue weighted by Crippen LogP contribution is -2.42. The van der Waals surface area contributed by atoms with Crippen LogP contribution in [0.4, 0.5) is 4.39 Å². The van der Waals surface area contributed by atoms with Crippen LogP contribution in [0.25, 0.3) is 0 Å². The summed E-state index contributed by atoms with van der Waals surface area (Å²) in [7, 11) is 0. The molecule has 1 aromatic carbocycles. The minimum atomic E-state index is -0.263. The maximum Gasteiger partial charge on any atom is 0.227 e. The number of amides is 1. The molecular weight excluding hydrogens is 359 g/mol. The van der Waals surface area contributed by atoms with E-state index < -0.39 is 0 Å². The van der Waals surface area contributed by atoms with Crippen molar-refractivity contribution >= 4 is 34.2 Å². The highest BCUT2D eigenvalue weighted by Crippen LogP contribution is 2.19. The van der Waals surface area contributed by atoms with Gasteiger partial charge in [0.25, 0.3) is 0 Å². The second-order valence-electron chi connectivity index (χ2n) is 5.13. The quantitative estimate of drug-likeness (QED) is 0.870. The normalized spacial score (nSPS) is 18.0. The zero-order valence-corrected chi connectivity index (χ0v) is 14.5. The van der Waals surface area contributed by atoms with E-state index in [-0.39, 0.29) is 30.0 Å². The third-order valence-electron chi connectivity index (χ3n) is 3.71. The second kappa shape index (κ2) is 8.71. The molecule has 1 fully saturated rings. The first-order chi connectivity index (χ1) is 9.61. The second-order valence-corrected chi connectivity index (χ2v) is 6.05. The number of rotatable bonds is 4. The Bertz CT molecular complexity index is 481. The summed E-state index contributed by atoms with van der Waals surface area (Å²) in [5.41, 5.74) is 0.554. The molecule has 3 nitrogen and oxygen atoms in total. The predicted octanol–water partition coefficient (Wildman–Crippen LogP) is 3.36. The lowest BCUT2D eigenvalue weighted by atomic mass is 9.98. The first kappa shape index (κ1) is 18.4. The molecule has 21 heavy (non-hydrogen) atoms. The lowest BCUT2D eigenvalue weighted by Gasteiger charge is -2.29. The van der Waals surface area contributed by atoms with Gasteiger partial charge in [0, 0.05) is 29.7 Å². The van der Waals surface area contributed by atoms with Crippen LogP contribution >= 0.6 is 28.3 Å². The Morgan fingerprint density at radius 2 is 2.29 bits per heavy atom. The van der Waals surface area contributed by atoms with E-state index >= 15 is 0 Å². The molecule has 0 saturated carbocycles. The van der Waals surface area contributed by atoms with Crippen molar-refractivity contribution in [1.82, 2.24) is 10.2 Å². The molecule has 0 radical (unpaired) electrons. The molecule has 0 spiro atoms. The number of carbonyl (C=O) groups excluding carboxylic acids is 1. The number of benzene rings is 1. The van der Waals surface area contributed by atoms with Gasteiger partial charge < -0.3 is 10.2 Å². The number of carbonyl (C=O) groups is 1. The van der Waals surface area contributed by atoms with Crippen LogP contribution in [0.2, 0.25) is 0 Å². The van der Waals surface area contributed by atoms with Crippen molar-refractivity contribution in [3.8, 4) is 0 Å². The fraction of sp³-hybridized carbons (Fsp3) is 0.533. The van der Waals surface area contributed by atoms with Gasteiger partial charge in [-0.3, -0.25) is 4.79 Å². The molecule has 1 aliphatic heterocycles. The smallest absolute Gasteiger partial charge is 0.227 e. The molecule has 6 heteroatoms. The molecule has 1 aromatic rings. The van der Waals surface area contributed by atoms with Gasteiger partial charge in [0.05, 0.1) is 5.92 Å². The van der Waals surface area contributed by atoms with Crippen LogP contribution < -0.4 is 5.32 Å². The zero-order valence-electron chi connectivity index (χ0n) is 12.1. The van der Waals surface area contributed by atoms with Gasteiger partial charge in [-0.1, -0.05) is 15.9 Å². The van der Waals surface area contributed by atoms with Crippen LogP contribution in [-0.2, 0) is 11.3 Å². The molecule has 2 rings (SSSR count). The number of hydrogen-bond acceptors (Lipinski definition) is 2. The van der Waals surface area contributed by atoms with E-state index in [2.05, 4.69) is 21.2 Å². The first-order valence-electron chi connectivity index (χ1n) is 7.05. The molecular formula is C15H21BrClFN2O. The highest BCUT2D eigenvalue weighted by atomic mass is 79.9. The highest BCUT2D eigenvalue weighted by molar-refractivity contribution is 9.10. The number of nitrogens with one attached hydrogen (secondary N) is 1. The summed E-state index contributed by atoms with van der Waals surface area (Å²) in [6.45, 7) is 4.58. The van der Waals surface area contributed by atoms with Crippen molar-refractivity contribution in [1.29, 1.82) is 0 Å². The Morgan fingerprint density at radius 3 is 2.90 bits per heavy atom. The average Bonchev–Trinajstić information content (AvgIpc) is 2.48. The summed E-state index contributed by atoms with van der Waals surface area (Å²) in [5, 5.41) is 3.25. The van der Waals surface area contributed by atoms with Gasteiger partial charge in [0.1, 0.15) is 5.82 Å². The summed E-state index contributed by atoms with van der Waals surface area (Å²) < 4.78 is 14.6. The third kappa shape index (κ3) is 4.94. The van der Waals surface area contributed by atoms with Crippen LogP contribution in [0.15, 0.2) is 22.7 Å². The molecule has 1 amide bonds. The topological polar surface area (TPSA) is 32.3 Å². The van der Waals surface area contributed by atoms with Gasteiger partial charge in [-0.25, -0.2) is 4.39 Å². The first-order valence-corrected chi connectivity index (χ1v) is 7.84. The Kier molecular flexibility index (Phi) is 7.63. The molecule has 1 N–H and O–H groups in total. The van der Waals surface area contributed by atoms with Crippen molar-refractivity contribution < 1.29 is 9.18 Å². The van der Waals surface area contributed by atoms with Gasteiger partial charge in [-0.15, -0.1) is 12.4 Å². The van der Waals surface area contributed by atoms with E-state index in [9.17, 15) is 9.18 Å². The number of nitrogens with zero attached hydrogens (tertiary/aromatic N) is 1. The van der Waals surface area contributed by atoms with Gasteiger partial charge in [-0.2, -0.15) is 0 Å². The van der Waals surface area contributed by atoms with E-state index in [1.165, 1.54) is 6.07 Å². The van der Waals surface area contributed by atoms with E-state index in [0.717, 1.165) is 30.4 Å². The van der Waals surface area contributed by atoms with E-state index in [1.807, 2.05) is 6.92 Å². The predicted molar refractivity (Wildman–Crippen MR) is 88.0 cm³/mol. The minimum Gasteiger partial charge on any atom is -0.338 e. The molecule has 1 heterocycles. The molecule has 0 aromatic heterocycles. The van der Waals surface area contributed by atoms with E-state index in [1.54, 1.807) is 17.0 Å². The lowest BCUT2D eigenvalue weighted by molar-refractivity contribution is -0.136. The van der Waals surface area contributed by atoms with Crippen LogP contribution in [0.5, 0.6) is 0 Å². The van der Waals surface area contributed by atoms with E-state index in [0.29, 0.717) is 18.7 Å². The fourth-order valence-electron chi connectivity index (χ4n) is 2.54. The van der Waals surface area contributed by atoms with Crippen molar-refractivity contribution in [2.24, 2.45) is 5.92 Å². The van der Waals surface area contributed by atoms with Crippen molar-refractivity contribution in [3.63, 3.8) is 0 Å². The SMILES string of the molecule is CCN(Cc1cc(Br)ccc1F)C(=O)C1CCCNC1.Cl. The van der Waals surface area contributed by atoms with Gasteiger partial charge in [0.2, 0.25) is 5.91 Å². The standard InChI is InChI=1S/C15H20BrFN2O.ClH/c1-2-19(15(20)11-4-3-7-18-9-11)10-12-8-13(16)5-6-14(12)17;/h5-6,8,11,18H,2-4,7,9-10H2,1H3;1H. The molecule has 1 saturated heterocycles. The number of piperidine rings is 1. The van der Waals surface area contributed by atoms with E-state index in [4.69, 9.17) is 0 Å². The van der Waals surface area contributed by atoms with Crippen LogP contribution in [0.1, 0.15) is 25.3 Å². The van der Waals surface area contributed by atoms with Crippen molar-refractivity contribution in [2.75, 3.05) is 19.6 Å². The Morgan fingerprint density at radius 1 is 1.52 bits per heavy atom. The molecule has 1 atom stereocenters. The average molecular weight is 380 g/mol. The Balaban J connectivity index is 0.00000220. The summed E-state index contributed by atoms with van der Waals surface area (Å²) >= 11 is 3.34. The largest absolute Gasteiger partial charge is 0.338 e. The van der Waals surface area contributed by atoms with Crippen LogP contribution in [-0.4, -0.2) is 30.4 Å². The summed E-state index contributed by atoms with van der Waals surface area (Å²) in [5.74, 6) is -0.112. The van der Waals surface area contributed by atoms with Crippen molar-refractivity contribution in [3.05, 3.63) is 34.1 Å². The Labute approximate surface area is 139 Å². The summed E-state index contributed by atoms with van der Waals surface area (Å²) in [4.78, 5) is 14.2. The molecule has 0 bridgehead atoms. The zero-order chi connectivity index (χ0) is 14.5. The van der Waals surface area contributed by atoms with Crippen molar-refractivity contribution in [2.45, 2.75) is 26.3 Å². The van der Waals surface area contributed by atoms with Crippen LogP contribution in [0, 0.1) is 11.7 Å². The van der Waals surface area contributed by atoms with Crippen LogP contribution in [0.3, 0.4) is 0 Å². The maximum atomic E-state index is 13.8. The summed E-state index contributed by atoms with van der Waals surface area (Å²) in [6, 6.07) is 4.84. The molecule has 0 aliphatic carbocycles. The molecule has 1 aliphatic rings. The molecule has 1 unspecified atom stereocenters. The maximum absolute atomic E-state index is 13.8. The third-order valence-corrected chi connectivity index (χ3v) is 4.20. The van der Waals surface area contributed by atoms with Gasteiger partial charge in [-0.05, 0) is 44.5 Å². The number of halogens is 3. The minimum absolute atomic E-state index is 0. The van der Waals surface area contributed by atoms with Gasteiger partial charge in [0.15, 0.2) is 0 Å². The fourth-order valence-corrected chi connectivity index (χ4v) is 2.94. The monoisotopic (exact) mass is 378 g/mol.